The molecule has 1 aliphatic heterocycles. The van der Waals surface area contributed by atoms with Crippen LogP contribution in [0.2, 0.25) is 10.0 Å². The highest BCUT2D eigenvalue weighted by atomic mass is 35.5. The molecule has 23 heavy (non-hydrogen) atoms. The fourth-order valence-corrected chi connectivity index (χ4v) is 4.13. The van der Waals surface area contributed by atoms with Crippen molar-refractivity contribution in [3.63, 3.8) is 0 Å². The average Bonchev–Trinajstić information content (AvgIpc) is 3.10. The van der Waals surface area contributed by atoms with E-state index >= 15 is 0 Å². The van der Waals surface area contributed by atoms with Gasteiger partial charge in [-0.1, -0.05) is 71.4 Å². The van der Waals surface area contributed by atoms with E-state index in [1.54, 1.807) is 17.8 Å². The maximum Gasteiger partial charge on any atom is 0.212 e. The van der Waals surface area contributed by atoms with Crippen molar-refractivity contribution in [3.8, 4) is 0 Å². The lowest BCUT2D eigenvalue weighted by molar-refractivity contribution is 0.747. The zero-order chi connectivity index (χ0) is 15.8. The molecule has 3 aromatic rings. The molecule has 0 amide bonds. The highest BCUT2D eigenvalue weighted by molar-refractivity contribution is 7.99. The lowest BCUT2D eigenvalue weighted by Gasteiger charge is -2.13. The van der Waals surface area contributed by atoms with Crippen LogP contribution in [0.5, 0.6) is 0 Å². The van der Waals surface area contributed by atoms with Gasteiger partial charge < -0.3 is 5.43 Å². The third kappa shape index (κ3) is 2.92. The highest BCUT2D eigenvalue weighted by Crippen LogP contribution is 2.41. The van der Waals surface area contributed by atoms with Gasteiger partial charge in [0.2, 0.25) is 5.16 Å². The fourth-order valence-electron chi connectivity index (χ4n) is 2.50. The van der Waals surface area contributed by atoms with Crippen LogP contribution in [0.3, 0.4) is 0 Å². The van der Waals surface area contributed by atoms with Gasteiger partial charge in [0, 0.05) is 22.0 Å². The van der Waals surface area contributed by atoms with E-state index in [1.807, 2.05) is 35.0 Å². The second kappa shape index (κ2) is 6.07. The predicted octanol–water partition coefficient (Wildman–Crippen LogP) is 4.52. The van der Waals surface area contributed by atoms with Gasteiger partial charge in [-0.3, -0.25) is 0 Å². The molecule has 1 aliphatic rings. The van der Waals surface area contributed by atoms with Gasteiger partial charge >= 0.3 is 0 Å². The van der Waals surface area contributed by atoms with Crippen LogP contribution in [0.4, 0.5) is 0 Å². The number of nitrogens with zero attached hydrogens (tertiary/aromatic N) is 3. The molecule has 7 heteroatoms. The number of benzene rings is 2. The number of halogens is 2. The van der Waals surface area contributed by atoms with E-state index in [4.69, 9.17) is 23.2 Å². The Balaban J connectivity index is 1.58. The Hall–Kier alpha value is -1.69. The van der Waals surface area contributed by atoms with Crippen LogP contribution in [0.25, 0.3) is 0 Å². The number of hydrogen-bond acceptors (Lipinski definition) is 4. The first-order chi connectivity index (χ1) is 11.2. The molecule has 0 bridgehead atoms. The van der Waals surface area contributed by atoms with E-state index in [-0.39, 0.29) is 5.37 Å². The second-order valence-corrected chi connectivity index (χ2v) is 7.11. The lowest BCUT2D eigenvalue weighted by atomic mass is 10.1. The number of nitrogens with one attached hydrogen (secondary N) is 1. The molecule has 2 heterocycles. The topological polar surface area (TPSA) is 42.7 Å². The lowest BCUT2D eigenvalue weighted by Crippen LogP contribution is -2.16. The molecular formula is C16H12Cl2N4S. The number of rotatable bonds is 3. The van der Waals surface area contributed by atoms with Crippen LogP contribution in [-0.2, 0) is 6.42 Å². The summed E-state index contributed by atoms with van der Waals surface area (Å²) in [5.41, 5.74) is 5.59. The van der Waals surface area contributed by atoms with Crippen molar-refractivity contribution >= 4 is 35.0 Å². The Kier molecular flexibility index (Phi) is 3.93. The number of thioether (sulfide) groups is 1. The summed E-state index contributed by atoms with van der Waals surface area (Å²) in [7, 11) is 0. The Morgan fingerprint density at radius 2 is 1.91 bits per heavy atom. The fraction of sp³-hybridized carbons (Fsp3) is 0.125. The van der Waals surface area contributed by atoms with Gasteiger partial charge in [-0.15, -0.1) is 10.2 Å². The summed E-state index contributed by atoms with van der Waals surface area (Å²) in [6.45, 7) is 0. The SMILES string of the molecule is Clc1ccc(C2Nn3c(Cc4ccccc4)nnc3S2)c(Cl)c1. The summed E-state index contributed by atoms with van der Waals surface area (Å²) >= 11 is 13.9. The first kappa shape index (κ1) is 14.9. The van der Waals surface area contributed by atoms with Gasteiger partial charge in [0.15, 0.2) is 5.82 Å². The van der Waals surface area contributed by atoms with Gasteiger partial charge in [0.25, 0.3) is 0 Å². The third-order valence-electron chi connectivity index (χ3n) is 3.62. The van der Waals surface area contributed by atoms with Crippen LogP contribution in [0.1, 0.15) is 22.3 Å². The zero-order valence-electron chi connectivity index (χ0n) is 11.9. The van der Waals surface area contributed by atoms with Crippen LogP contribution < -0.4 is 5.43 Å². The van der Waals surface area contributed by atoms with Crippen molar-refractivity contribution in [2.75, 3.05) is 5.43 Å². The number of hydrogen-bond donors (Lipinski definition) is 1. The van der Waals surface area contributed by atoms with Gasteiger partial charge in [0.1, 0.15) is 5.37 Å². The van der Waals surface area contributed by atoms with Crippen LogP contribution in [0, 0.1) is 0 Å². The summed E-state index contributed by atoms with van der Waals surface area (Å²) < 4.78 is 1.94. The van der Waals surface area contributed by atoms with Crippen molar-refractivity contribution in [1.82, 2.24) is 14.9 Å². The quantitative estimate of drug-likeness (QED) is 0.743. The van der Waals surface area contributed by atoms with Crippen molar-refractivity contribution in [1.29, 1.82) is 0 Å². The van der Waals surface area contributed by atoms with Crippen LogP contribution in [0.15, 0.2) is 53.7 Å². The second-order valence-electron chi connectivity index (χ2n) is 5.19. The molecule has 1 atom stereocenters. The van der Waals surface area contributed by atoms with Crippen molar-refractivity contribution < 1.29 is 0 Å². The van der Waals surface area contributed by atoms with Crippen molar-refractivity contribution in [3.05, 3.63) is 75.5 Å². The Labute approximate surface area is 147 Å². The van der Waals surface area contributed by atoms with Crippen molar-refractivity contribution in [2.24, 2.45) is 0 Å². The summed E-state index contributed by atoms with van der Waals surface area (Å²) in [5.74, 6) is 0.881. The average molecular weight is 363 g/mol. The zero-order valence-corrected chi connectivity index (χ0v) is 14.2. The minimum Gasteiger partial charge on any atom is -0.304 e. The molecule has 0 spiro atoms. The summed E-state index contributed by atoms with van der Waals surface area (Å²) in [4.78, 5) is 0. The summed E-state index contributed by atoms with van der Waals surface area (Å²) in [6.07, 6.45) is 0.725. The van der Waals surface area contributed by atoms with Crippen LogP contribution in [-0.4, -0.2) is 14.9 Å². The predicted molar refractivity (Wildman–Crippen MR) is 93.7 cm³/mol. The van der Waals surface area contributed by atoms with E-state index in [2.05, 4.69) is 27.8 Å². The molecule has 116 valence electrons. The van der Waals surface area contributed by atoms with E-state index in [0.29, 0.717) is 10.0 Å². The molecule has 0 radical (unpaired) electrons. The maximum atomic E-state index is 6.31. The molecule has 2 aromatic carbocycles. The first-order valence-electron chi connectivity index (χ1n) is 7.07. The molecular weight excluding hydrogens is 351 g/mol. The molecule has 4 nitrogen and oxygen atoms in total. The monoisotopic (exact) mass is 362 g/mol. The summed E-state index contributed by atoms with van der Waals surface area (Å²) in [6, 6.07) is 15.7. The maximum absolute atomic E-state index is 6.31. The van der Waals surface area contributed by atoms with Gasteiger partial charge in [-0.25, -0.2) is 4.68 Å². The Morgan fingerprint density at radius 1 is 1.09 bits per heavy atom. The minimum absolute atomic E-state index is 0.000194. The summed E-state index contributed by atoms with van der Waals surface area (Å²) in [5, 5.41) is 10.6. The molecule has 0 aliphatic carbocycles. The normalized spacial score (nSPS) is 16.2. The largest absolute Gasteiger partial charge is 0.304 e. The smallest absolute Gasteiger partial charge is 0.212 e. The number of aromatic nitrogens is 3. The van der Waals surface area contributed by atoms with Gasteiger partial charge in [-0.2, -0.15) is 0 Å². The van der Waals surface area contributed by atoms with E-state index in [1.165, 1.54) is 5.56 Å². The van der Waals surface area contributed by atoms with Crippen molar-refractivity contribution in [2.45, 2.75) is 17.0 Å². The standard InChI is InChI=1S/C16H12Cl2N4S/c17-11-6-7-12(13(18)9-11)15-21-22-14(19-20-16(22)23-15)8-10-4-2-1-3-5-10/h1-7,9,15,21H,8H2. The molecule has 4 rings (SSSR count). The Morgan fingerprint density at radius 3 is 2.70 bits per heavy atom. The molecule has 1 N–H and O–H groups in total. The van der Waals surface area contributed by atoms with E-state index < -0.39 is 0 Å². The van der Waals surface area contributed by atoms with Crippen LogP contribution >= 0.6 is 35.0 Å². The molecule has 1 unspecified atom stereocenters. The molecule has 0 saturated heterocycles. The highest BCUT2D eigenvalue weighted by Gasteiger charge is 2.28. The van der Waals surface area contributed by atoms with Gasteiger partial charge in [0.05, 0.1) is 0 Å². The van der Waals surface area contributed by atoms with E-state index in [9.17, 15) is 0 Å². The molecule has 1 aromatic heterocycles. The van der Waals surface area contributed by atoms with Gasteiger partial charge in [-0.05, 0) is 17.7 Å². The minimum atomic E-state index is -0.000194. The molecule has 0 saturated carbocycles. The molecule has 0 fully saturated rings. The first-order valence-corrected chi connectivity index (χ1v) is 8.70. The third-order valence-corrected chi connectivity index (χ3v) is 5.25. The Bertz CT molecular complexity index is 851. The van der Waals surface area contributed by atoms with E-state index in [0.717, 1.165) is 23.0 Å². The number of fused-ring (bicyclic) bond motifs is 1.